The number of rotatable bonds is 3. The van der Waals surface area contributed by atoms with Crippen molar-refractivity contribution in [2.24, 2.45) is 0 Å². The normalized spacial score (nSPS) is 13.5. The van der Waals surface area contributed by atoms with Gasteiger partial charge in [0.05, 0.1) is 6.54 Å². The Hall–Kier alpha value is -3.15. The van der Waals surface area contributed by atoms with Gasteiger partial charge in [-0.05, 0) is 26.0 Å². The minimum Gasteiger partial charge on any atom is -0.360 e. The van der Waals surface area contributed by atoms with Crippen molar-refractivity contribution in [3.8, 4) is 11.3 Å². The van der Waals surface area contributed by atoms with Crippen molar-refractivity contribution in [1.29, 1.82) is 0 Å². The minimum absolute atomic E-state index is 0.212. The fraction of sp³-hybridized carbons (Fsp3) is 0.286. The average molecular weight is 363 g/mol. The third-order valence-electron chi connectivity index (χ3n) is 5.10. The summed E-state index contributed by atoms with van der Waals surface area (Å²) in [6, 6.07) is 13.2. The van der Waals surface area contributed by atoms with Gasteiger partial charge in [0.2, 0.25) is 0 Å². The first-order valence-electron chi connectivity index (χ1n) is 9.12. The summed E-state index contributed by atoms with van der Waals surface area (Å²) in [6.07, 6.45) is 0.592. The van der Waals surface area contributed by atoms with E-state index in [9.17, 15) is 9.59 Å². The van der Waals surface area contributed by atoms with Crippen LogP contribution in [-0.2, 0) is 19.5 Å². The molecule has 0 atom stereocenters. The maximum atomic E-state index is 13.0. The fourth-order valence-corrected chi connectivity index (χ4v) is 3.60. The molecule has 138 valence electrons. The van der Waals surface area contributed by atoms with Crippen molar-refractivity contribution in [1.82, 2.24) is 14.6 Å². The van der Waals surface area contributed by atoms with E-state index in [1.807, 2.05) is 50.2 Å². The van der Waals surface area contributed by atoms with Crippen LogP contribution in [0.25, 0.3) is 11.3 Å². The van der Waals surface area contributed by atoms with E-state index in [-0.39, 0.29) is 17.0 Å². The Balaban J connectivity index is 1.67. The van der Waals surface area contributed by atoms with Crippen LogP contribution in [0.2, 0.25) is 0 Å². The van der Waals surface area contributed by atoms with E-state index in [0.717, 1.165) is 28.3 Å². The van der Waals surface area contributed by atoms with Crippen LogP contribution in [0.4, 0.5) is 0 Å². The van der Waals surface area contributed by atoms with Crippen LogP contribution in [0.15, 0.2) is 51.8 Å². The SMILES string of the molecule is CCn1c(C)ccc(C(=O)N2CCc3onc(-c4ccccc4)c3C2)c1=O. The molecule has 1 aliphatic heterocycles. The molecule has 0 N–H and O–H groups in total. The van der Waals surface area contributed by atoms with Crippen LogP contribution in [0.3, 0.4) is 0 Å². The van der Waals surface area contributed by atoms with Crippen LogP contribution in [-0.4, -0.2) is 27.1 Å². The zero-order valence-electron chi connectivity index (χ0n) is 15.4. The Kier molecular flexibility index (Phi) is 4.39. The van der Waals surface area contributed by atoms with E-state index in [2.05, 4.69) is 5.16 Å². The highest BCUT2D eigenvalue weighted by atomic mass is 16.5. The first kappa shape index (κ1) is 17.3. The maximum Gasteiger partial charge on any atom is 0.263 e. The van der Waals surface area contributed by atoms with Crippen molar-refractivity contribution in [2.75, 3.05) is 6.54 Å². The molecule has 1 aromatic carbocycles. The largest absolute Gasteiger partial charge is 0.360 e. The summed E-state index contributed by atoms with van der Waals surface area (Å²) in [7, 11) is 0. The van der Waals surface area contributed by atoms with Gasteiger partial charge in [0.1, 0.15) is 17.0 Å². The molecule has 0 saturated heterocycles. The first-order chi connectivity index (χ1) is 13.1. The molecule has 3 aromatic rings. The molecule has 6 nitrogen and oxygen atoms in total. The van der Waals surface area contributed by atoms with Crippen molar-refractivity contribution in [2.45, 2.75) is 33.4 Å². The van der Waals surface area contributed by atoms with E-state index in [1.165, 1.54) is 0 Å². The Morgan fingerprint density at radius 1 is 1.19 bits per heavy atom. The Morgan fingerprint density at radius 3 is 2.70 bits per heavy atom. The topological polar surface area (TPSA) is 68.3 Å². The molecule has 2 aromatic heterocycles. The van der Waals surface area contributed by atoms with E-state index in [0.29, 0.717) is 26.1 Å². The van der Waals surface area contributed by atoms with Crippen molar-refractivity contribution < 1.29 is 9.32 Å². The third-order valence-corrected chi connectivity index (χ3v) is 5.10. The molecular weight excluding hydrogens is 342 g/mol. The van der Waals surface area contributed by atoms with Crippen LogP contribution >= 0.6 is 0 Å². The number of amides is 1. The van der Waals surface area contributed by atoms with Gasteiger partial charge in [-0.1, -0.05) is 35.5 Å². The Bertz CT molecular complexity index is 1050. The predicted molar refractivity (Wildman–Crippen MR) is 101 cm³/mol. The fourth-order valence-electron chi connectivity index (χ4n) is 3.60. The zero-order valence-corrected chi connectivity index (χ0v) is 15.4. The first-order valence-corrected chi connectivity index (χ1v) is 9.12. The molecule has 6 heteroatoms. The maximum absolute atomic E-state index is 13.0. The highest BCUT2D eigenvalue weighted by Crippen LogP contribution is 2.30. The molecule has 0 saturated carbocycles. The molecule has 0 fully saturated rings. The number of aryl methyl sites for hydroxylation is 1. The number of benzene rings is 1. The number of aromatic nitrogens is 2. The third kappa shape index (κ3) is 2.97. The van der Waals surface area contributed by atoms with Crippen LogP contribution in [0, 0.1) is 6.92 Å². The molecular formula is C21H21N3O3. The lowest BCUT2D eigenvalue weighted by Gasteiger charge is -2.26. The molecule has 3 heterocycles. The molecule has 0 aliphatic carbocycles. The highest BCUT2D eigenvalue weighted by Gasteiger charge is 2.29. The van der Waals surface area contributed by atoms with Gasteiger partial charge in [-0.15, -0.1) is 0 Å². The summed E-state index contributed by atoms with van der Waals surface area (Å²) in [6.45, 7) is 5.21. The minimum atomic E-state index is -0.243. The number of carbonyl (C=O) groups excluding carboxylic acids is 1. The van der Waals surface area contributed by atoms with E-state index >= 15 is 0 Å². The van der Waals surface area contributed by atoms with Crippen LogP contribution < -0.4 is 5.56 Å². The highest BCUT2D eigenvalue weighted by molar-refractivity contribution is 5.94. The number of hydrogen-bond acceptors (Lipinski definition) is 4. The lowest BCUT2D eigenvalue weighted by Crippen LogP contribution is -2.39. The van der Waals surface area contributed by atoms with E-state index in [1.54, 1.807) is 15.5 Å². The molecule has 0 radical (unpaired) electrons. The van der Waals surface area contributed by atoms with Gasteiger partial charge in [-0.25, -0.2) is 0 Å². The van der Waals surface area contributed by atoms with E-state index < -0.39 is 0 Å². The summed E-state index contributed by atoms with van der Waals surface area (Å²) < 4.78 is 7.12. The summed E-state index contributed by atoms with van der Waals surface area (Å²) in [5.41, 5.74) is 3.47. The second-order valence-electron chi connectivity index (χ2n) is 6.71. The molecule has 4 rings (SSSR count). The van der Waals surface area contributed by atoms with Gasteiger partial charge >= 0.3 is 0 Å². The summed E-state index contributed by atoms with van der Waals surface area (Å²) in [5.74, 6) is 0.570. The number of fused-ring (bicyclic) bond motifs is 1. The lowest BCUT2D eigenvalue weighted by atomic mass is 10.0. The number of nitrogens with zero attached hydrogens (tertiary/aromatic N) is 3. The second kappa shape index (κ2) is 6.87. The monoisotopic (exact) mass is 363 g/mol. The van der Waals surface area contributed by atoms with Gasteiger partial charge in [-0.3, -0.25) is 9.59 Å². The molecule has 0 unspecified atom stereocenters. The molecule has 0 bridgehead atoms. The van der Waals surface area contributed by atoms with Gasteiger partial charge < -0.3 is 14.0 Å². The number of hydrogen-bond donors (Lipinski definition) is 0. The number of carbonyl (C=O) groups is 1. The average Bonchev–Trinajstić information content (AvgIpc) is 3.12. The van der Waals surface area contributed by atoms with Gasteiger partial charge in [-0.2, -0.15) is 0 Å². The number of pyridine rings is 1. The quantitative estimate of drug-likeness (QED) is 0.717. The van der Waals surface area contributed by atoms with Gasteiger partial charge in [0.15, 0.2) is 0 Å². The second-order valence-corrected chi connectivity index (χ2v) is 6.71. The van der Waals surface area contributed by atoms with Crippen molar-refractivity contribution in [3.05, 3.63) is 75.4 Å². The molecule has 0 spiro atoms. The molecule has 1 amide bonds. The zero-order chi connectivity index (χ0) is 19.0. The van der Waals surface area contributed by atoms with Crippen LogP contribution in [0.1, 0.15) is 34.3 Å². The van der Waals surface area contributed by atoms with E-state index in [4.69, 9.17) is 4.52 Å². The molecule has 27 heavy (non-hydrogen) atoms. The predicted octanol–water partition coefficient (Wildman–Crippen LogP) is 3.03. The van der Waals surface area contributed by atoms with Crippen LogP contribution in [0.5, 0.6) is 0 Å². The Labute approximate surface area is 157 Å². The van der Waals surface area contributed by atoms with Crippen molar-refractivity contribution in [3.63, 3.8) is 0 Å². The summed E-state index contributed by atoms with van der Waals surface area (Å²) >= 11 is 0. The molecule has 1 aliphatic rings. The van der Waals surface area contributed by atoms with Gasteiger partial charge in [0.25, 0.3) is 11.5 Å². The summed E-state index contributed by atoms with van der Waals surface area (Å²) in [4.78, 5) is 27.4. The lowest BCUT2D eigenvalue weighted by molar-refractivity contribution is 0.0726. The standard InChI is InChI=1S/C21H21N3O3/c1-3-24-14(2)9-10-16(21(24)26)20(25)23-12-11-18-17(13-23)19(22-27-18)15-7-5-4-6-8-15/h4-10H,3,11-13H2,1-2H3. The van der Waals surface area contributed by atoms with Crippen molar-refractivity contribution >= 4 is 5.91 Å². The Morgan fingerprint density at radius 2 is 1.96 bits per heavy atom. The van der Waals surface area contributed by atoms with Gasteiger partial charge in [0, 0.05) is 36.3 Å². The summed E-state index contributed by atoms with van der Waals surface area (Å²) in [5, 5.41) is 4.21. The smallest absolute Gasteiger partial charge is 0.263 e.